The van der Waals surface area contributed by atoms with Crippen molar-refractivity contribution in [2.75, 3.05) is 5.32 Å². The summed E-state index contributed by atoms with van der Waals surface area (Å²) in [5, 5.41) is 2.83. The van der Waals surface area contributed by atoms with Crippen LogP contribution in [-0.4, -0.2) is 14.6 Å². The van der Waals surface area contributed by atoms with Gasteiger partial charge in [0.1, 0.15) is 10.7 Å². The average molecular weight is 216 g/mol. The summed E-state index contributed by atoms with van der Waals surface area (Å²) >= 11 is 0. The molecule has 0 spiro atoms. The van der Waals surface area contributed by atoms with Crippen molar-refractivity contribution in [2.24, 2.45) is 0 Å². The smallest absolute Gasteiger partial charge is 0.244 e. The molecule has 0 saturated carbocycles. The second-order valence-electron chi connectivity index (χ2n) is 3.13. The molecule has 76 valence electrons. The van der Waals surface area contributed by atoms with Crippen LogP contribution in [0.2, 0.25) is 0 Å². The Morgan fingerprint density at radius 3 is 2.86 bits per heavy atom. The SMILES string of the molecule is CC1Nc2cc(F)ccc2S(=O)(=O)N1. The van der Waals surface area contributed by atoms with Crippen LogP contribution in [0.15, 0.2) is 23.1 Å². The Balaban J connectivity index is 2.64. The minimum absolute atomic E-state index is 0.0806. The van der Waals surface area contributed by atoms with Crippen LogP contribution < -0.4 is 10.0 Å². The predicted octanol–water partition coefficient (Wildman–Crippen LogP) is 0.875. The molecule has 0 bridgehead atoms. The predicted molar refractivity (Wildman–Crippen MR) is 49.8 cm³/mol. The van der Waals surface area contributed by atoms with Crippen molar-refractivity contribution in [2.45, 2.75) is 18.0 Å². The zero-order valence-corrected chi connectivity index (χ0v) is 8.23. The number of rotatable bonds is 0. The van der Waals surface area contributed by atoms with Crippen LogP contribution >= 0.6 is 0 Å². The Hall–Kier alpha value is -1.14. The van der Waals surface area contributed by atoms with Gasteiger partial charge in [0.25, 0.3) is 0 Å². The topological polar surface area (TPSA) is 58.2 Å². The molecule has 1 heterocycles. The van der Waals surface area contributed by atoms with E-state index in [-0.39, 0.29) is 4.90 Å². The Bertz CT molecular complexity index is 472. The first-order valence-corrected chi connectivity index (χ1v) is 5.56. The van der Waals surface area contributed by atoms with E-state index in [1.165, 1.54) is 12.1 Å². The van der Waals surface area contributed by atoms with Crippen molar-refractivity contribution in [1.82, 2.24) is 4.72 Å². The van der Waals surface area contributed by atoms with Gasteiger partial charge >= 0.3 is 0 Å². The fourth-order valence-corrected chi connectivity index (χ4v) is 2.71. The van der Waals surface area contributed by atoms with E-state index in [0.717, 1.165) is 6.07 Å². The molecule has 6 heteroatoms. The molecule has 4 nitrogen and oxygen atoms in total. The molecule has 0 fully saturated rings. The number of nitrogens with one attached hydrogen (secondary N) is 2. The van der Waals surface area contributed by atoms with Crippen molar-refractivity contribution < 1.29 is 12.8 Å². The molecule has 0 aromatic heterocycles. The van der Waals surface area contributed by atoms with E-state index in [9.17, 15) is 12.8 Å². The molecule has 0 radical (unpaired) electrons. The third kappa shape index (κ3) is 1.46. The Morgan fingerprint density at radius 1 is 1.43 bits per heavy atom. The third-order valence-electron chi connectivity index (χ3n) is 1.94. The first kappa shape index (κ1) is 9.42. The highest BCUT2D eigenvalue weighted by atomic mass is 32.2. The summed E-state index contributed by atoms with van der Waals surface area (Å²) in [6.07, 6.45) is -0.422. The minimum Gasteiger partial charge on any atom is -0.368 e. The highest BCUT2D eigenvalue weighted by Crippen LogP contribution is 2.26. The lowest BCUT2D eigenvalue weighted by Gasteiger charge is -2.24. The molecule has 1 atom stereocenters. The Morgan fingerprint density at radius 2 is 2.14 bits per heavy atom. The van der Waals surface area contributed by atoms with Crippen LogP contribution in [0.4, 0.5) is 10.1 Å². The highest BCUT2D eigenvalue weighted by molar-refractivity contribution is 7.89. The lowest BCUT2D eigenvalue weighted by molar-refractivity contribution is 0.564. The molecule has 1 aromatic carbocycles. The lowest BCUT2D eigenvalue weighted by atomic mass is 10.3. The summed E-state index contributed by atoms with van der Waals surface area (Å²) < 4.78 is 38.2. The molecule has 2 N–H and O–H groups in total. The molecule has 2 rings (SSSR count). The van der Waals surface area contributed by atoms with Gasteiger partial charge in [-0.05, 0) is 25.1 Å². The highest BCUT2D eigenvalue weighted by Gasteiger charge is 2.26. The molecule has 14 heavy (non-hydrogen) atoms. The number of anilines is 1. The second-order valence-corrected chi connectivity index (χ2v) is 4.81. The molecule has 1 aliphatic heterocycles. The van der Waals surface area contributed by atoms with E-state index in [4.69, 9.17) is 0 Å². The number of sulfonamides is 1. The zero-order valence-electron chi connectivity index (χ0n) is 7.41. The number of benzene rings is 1. The van der Waals surface area contributed by atoms with E-state index < -0.39 is 22.0 Å². The van der Waals surface area contributed by atoms with Gasteiger partial charge in [-0.3, -0.25) is 0 Å². The normalized spacial score (nSPS) is 23.7. The summed E-state index contributed by atoms with van der Waals surface area (Å²) in [5.74, 6) is -0.458. The van der Waals surface area contributed by atoms with Gasteiger partial charge < -0.3 is 5.32 Å². The van der Waals surface area contributed by atoms with Gasteiger partial charge in [0.2, 0.25) is 10.0 Å². The van der Waals surface area contributed by atoms with Gasteiger partial charge in [0.15, 0.2) is 0 Å². The number of halogens is 1. The van der Waals surface area contributed by atoms with Crippen molar-refractivity contribution in [1.29, 1.82) is 0 Å². The van der Waals surface area contributed by atoms with Gasteiger partial charge in [-0.1, -0.05) is 0 Å². The zero-order chi connectivity index (χ0) is 10.3. The van der Waals surface area contributed by atoms with Crippen LogP contribution in [0.1, 0.15) is 6.92 Å². The van der Waals surface area contributed by atoms with Crippen molar-refractivity contribution in [3.8, 4) is 0 Å². The number of fused-ring (bicyclic) bond motifs is 1. The fraction of sp³-hybridized carbons (Fsp3) is 0.250. The van der Waals surface area contributed by atoms with Crippen molar-refractivity contribution in [3.63, 3.8) is 0 Å². The van der Waals surface area contributed by atoms with Crippen LogP contribution in [0.3, 0.4) is 0 Å². The molecular formula is C8H9FN2O2S. The first-order valence-electron chi connectivity index (χ1n) is 4.07. The maximum atomic E-state index is 12.8. The Labute approximate surface area is 81.2 Å². The quantitative estimate of drug-likeness (QED) is 0.676. The molecule has 0 aliphatic carbocycles. The number of hydrogen-bond donors (Lipinski definition) is 2. The van der Waals surface area contributed by atoms with Gasteiger partial charge in [-0.2, -0.15) is 4.72 Å². The molecule has 1 aliphatic rings. The maximum Gasteiger partial charge on any atom is 0.244 e. The lowest BCUT2D eigenvalue weighted by Crippen LogP contribution is -2.42. The summed E-state index contributed by atoms with van der Waals surface area (Å²) in [7, 11) is -3.49. The van der Waals surface area contributed by atoms with E-state index in [1.54, 1.807) is 6.92 Å². The van der Waals surface area contributed by atoms with Crippen LogP contribution in [-0.2, 0) is 10.0 Å². The third-order valence-corrected chi connectivity index (χ3v) is 3.53. The van der Waals surface area contributed by atoms with E-state index in [1.807, 2.05) is 0 Å². The standard InChI is InChI=1S/C8H9FN2O2S/c1-5-10-7-4-6(9)2-3-8(7)14(12,13)11-5/h2-5,10-11H,1H3. The summed E-state index contributed by atoms with van der Waals surface area (Å²) in [6, 6.07) is 3.53. The van der Waals surface area contributed by atoms with E-state index in [0.29, 0.717) is 5.69 Å². The van der Waals surface area contributed by atoms with Gasteiger partial charge in [0, 0.05) is 0 Å². The van der Waals surface area contributed by atoms with E-state index in [2.05, 4.69) is 10.0 Å². The van der Waals surface area contributed by atoms with Gasteiger partial charge in [0.05, 0.1) is 11.9 Å². The average Bonchev–Trinajstić information content (AvgIpc) is 2.00. The minimum atomic E-state index is -3.49. The molecule has 0 saturated heterocycles. The maximum absolute atomic E-state index is 12.8. The van der Waals surface area contributed by atoms with Gasteiger partial charge in [-0.15, -0.1) is 0 Å². The monoisotopic (exact) mass is 216 g/mol. The summed E-state index contributed by atoms with van der Waals surface area (Å²) in [4.78, 5) is 0.0806. The molecule has 1 aromatic rings. The van der Waals surface area contributed by atoms with E-state index >= 15 is 0 Å². The fourth-order valence-electron chi connectivity index (χ4n) is 1.41. The van der Waals surface area contributed by atoms with Crippen LogP contribution in [0.25, 0.3) is 0 Å². The molecular weight excluding hydrogens is 207 g/mol. The second kappa shape index (κ2) is 2.93. The van der Waals surface area contributed by atoms with Crippen molar-refractivity contribution >= 4 is 15.7 Å². The molecule has 1 unspecified atom stereocenters. The van der Waals surface area contributed by atoms with Crippen molar-refractivity contribution in [3.05, 3.63) is 24.0 Å². The summed E-state index contributed by atoms with van der Waals surface area (Å²) in [6.45, 7) is 1.64. The van der Waals surface area contributed by atoms with Crippen LogP contribution in [0.5, 0.6) is 0 Å². The Kier molecular flexibility index (Phi) is 1.97. The first-order chi connectivity index (χ1) is 6.49. The number of hydrogen-bond acceptors (Lipinski definition) is 3. The van der Waals surface area contributed by atoms with Crippen LogP contribution in [0, 0.1) is 5.82 Å². The summed E-state index contributed by atoms with van der Waals surface area (Å²) in [5.41, 5.74) is 0.302. The molecule has 0 amide bonds. The van der Waals surface area contributed by atoms with Gasteiger partial charge in [-0.25, -0.2) is 12.8 Å². The largest absolute Gasteiger partial charge is 0.368 e.